The number of hydrogen-bond acceptors (Lipinski definition) is 1. The molecule has 0 radical (unpaired) electrons. The topological polar surface area (TPSA) is 17.8 Å². The molecule has 0 spiro atoms. The van der Waals surface area contributed by atoms with Gasteiger partial charge >= 0.3 is 0 Å². The largest absolute Gasteiger partial charge is 0.339 e. The third-order valence-electron chi connectivity index (χ3n) is 3.81. The van der Waals surface area contributed by atoms with Gasteiger partial charge in [0.2, 0.25) is 0 Å². The van der Waals surface area contributed by atoms with Crippen molar-refractivity contribution in [3.05, 3.63) is 54.7 Å². The molecule has 106 valence electrons. The van der Waals surface area contributed by atoms with Crippen molar-refractivity contribution in [2.24, 2.45) is 0 Å². The molecule has 2 aromatic heterocycles. The van der Waals surface area contributed by atoms with Gasteiger partial charge in [-0.15, -0.1) is 0 Å². The number of nitrogens with zero attached hydrogens (tertiary/aromatic N) is 2. The van der Waals surface area contributed by atoms with Crippen molar-refractivity contribution in [3.8, 4) is 0 Å². The number of hydrogen-bond donors (Lipinski definition) is 0. The van der Waals surface area contributed by atoms with E-state index in [1.54, 1.807) is 0 Å². The molecule has 21 heavy (non-hydrogen) atoms. The minimum atomic E-state index is 0.958. The lowest BCUT2D eigenvalue weighted by Crippen LogP contribution is -1.94. The molecule has 0 bridgehead atoms. The highest BCUT2D eigenvalue weighted by Crippen LogP contribution is 2.32. The first-order valence-corrected chi connectivity index (χ1v) is 7.65. The van der Waals surface area contributed by atoms with Crippen molar-refractivity contribution in [1.29, 1.82) is 0 Å². The Balaban J connectivity index is 0.000000636. The van der Waals surface area contributed by atoms with Gasteiger partial charge in [0.15, 0.2) is 0 Å². The molecule has 0 saturated heterocycles. The van der Waals surface area contributed by atoms with Crippen molar-refractivity contribution in [1.82, 2.24) is 9.55 Å². The number of aryl methyl sites for hydroxylation is 1. The average Bonchev–Trinajstić information content (AvgIpc) is 2.91. The highest BCUT2D eigenvalue weighted by molar-refractivity contribution is 6.15. The summed E-state index contributed by atoms with van der Waals surface area (Å²) in [6.07, 6.45) is 1.98. The van der Waals surface area contributed by atoms with Crippen molar-refractivity contribution in [2.45, 2.75) is 27.3 Å². The number of para-hydroxylation sites is 1. The predicted molar refractivity (Wildman–Crippen MR) is 91.8 cm³/mol. The maximum atomic E-state index is 4.69. The summed E-state index contributed by atoms with van der Waals surface area (Å²) in [4.78, 5) is 4.69. The van der Waals surface area contributed by atoms with Gasteiger partial charge in [-0.05, 0) is 13.0 Å². The van der Waals surface area contributed by atoms with E-state index >= 15 is 0 Å². The lowest BCUT2D eigenvalue weighted by atomic mass is 10.1. The van der Waals surface area contributed by atoms with Crippen LogP contribution in [0.25, 0.3) is 32.7 Å². The second-order valence-electron chi connectivity index (χ2n) is 4.80. The molecule has 0 saturated carbocycles. The van der Waals surface area contributed by atoms with Gasteiger partial charge in [0.25, 0.3) is 0 Å². The molecule has 0 unspecified atom stereocenters. The second-order valence-corrected chi connectivity index (χ2v) is 4.80. The smallest absolute Gasteiger partial charge is 0.0966 e. The molecule has 4 aromatic rings. The highest BCUT2D eigenvalue weighted by Gasteiger charge is 2.12. The summed E-state index contributed by atoms with van der Waals surface area (Å²) in [5.41, 5.74) is 3.63. The van der Waals surface area contributed by atoms with E-state index in [4.69, 9.17) is 0 Å². The summed E-state index contributed by atoms with van der Waals surface area (Å²) in [5.74, 6) is 0. The Labute approximate surface area is 125 Å². The number of benzene rings is 2. The first kappa shape index (κ1) is 13.6. The summed E-state index contributed by atoms with van der Waals surface area (Å²) >= 11 is 0. The predicted octanol–water partition coefficient (Wildman–Crippen LogP) is 5.39. The summed E-state index contributed by atoms with van der Waals surface area (Å²) in [6.45, 7) is 7.15. The van der Waals surface area contributed by atoms with E-state index in [1.165, 1.54) is 27.2 Å². The number of aromatic nitrogens is 2. The Morgan fingerprint density at radius 1 is 0.905 bits per heavy atom. The quantitative estimate of drug-likeness (QED) is 0.456. The molecule has 0 N–H and O–H groups in total. The summed E-state index contributed by atoms with van der Waals surface area (Å²) in [7, 11) is 0. The Kier molecular flexibility index (Phi) is 3.61. The van der Waals surface area contributed by atoms with Crippen molar-refractivity contribution in [2.75, 3.05) is 0 Å². The number of pyridine rings is 1. The Bertz CT molecular complexity index is 903. The van der Waals surface area contributed by atoms with Gasteiger partial charge in [0.05, 0.1) is 16.6 Å². The summed E-state index contributed by atoms with van der Waals surface area (Å²) < 4.78 is 2.36. The van der Waals surface area contributed by atoms with Crippen molar-refractivity contribution >= 4 is 32.7 Å². The molecule has 0 fully saturated rings. The molecular formula is C19H20N2. The third kappa shape index (κ3) is 1.99. The van der Waals surface area contributed by atoms with Gasteiger partial charge in [-0.2, -0.15) is 0 Å². The zero-order chi connectivity index (χ0) is 14.8. The number of rotatable bonds is 1. The molecule has 0 atom stereocenters. The number of fused-ring (bicyclic) bond motifs is 5. The zero-order valence-corrected chi connectivity index (χ0v) is 12.8. The van der Waals surface area contributed by atoms with Crippen LogP contribution < -0.4 is 0 Å². The van der Waals surface area contributed by atoms with Crippen LogP contribution in [0, 0.1) is 0 Å². The fourth-order valence-electron chi connectivity index (χ4n) is 2.98. The van der Waals surface area contributed by atoms with E-state index in [1.807, 2.05) is 20.0 Å². The Hall–Kier alpha value is -2.35. The molecule has 0 aliphatic rings. The SMILES string of the molecule is CC.CCn1c2ccccc2c2ncc3ccccc3c21. The maximum absolute atomic E-state index is 4.69. The molecule has 0 aliphatic carbocycles. The molecule has 2 heteroatoms. The van der Waals surface area contributed by atoms with Crippen LogP contribution in [0.1, 0.15) is 20.8 Å². The van der Waals surface area contributed by atoms with E-state index in [2.05, 4.69) is 65.0 Å². The van der Waals surface area contributed by atoms with Crippen LogP contribution in [0.15, 0.2) is 54.7 Å². The van der Waals surface area contributed by atoms with E-state index in [-0.39, 0.29) is 0 Å². The Morgan fingerprint density at radius 3 is 2.33 bits per heavy atom. The van der Waals surface area contributed by atoms with E-state index in [0.717, 1.165) is 12.1 Å². The molecule has 2 heterocycles. The van der Waals surface area contributed by atoms with Gasteiger partial charge in [-0.1, -0.05) is 56.3 Å². The highest BCUT2D eigenvalue weighted by atomic mass is 15.0. The van der Waals surface area contributed by atoms with E-state index < -0.39 is 0 Å². The fraction of sp³-hybridized carbons (Fsp3) is 0.211. The summed E-state index contributed by atoms with van der Waals surface area (Å²) in [6, 6.07) is 17.0. The van der Waals surface area contributed by atoms with Gasteiger partial charge in [0, 0.05) is 28.9 Å². The van der Waals surface area contributed by atoms with Gasteiger partial charge in [-0.25, -0.2) is 0 Å². The zero-order valence-electron chi connectivity index (χ0n) is 12.8. The summed E-state index contributed by atoms with van der Waals surface area (Å²) in [5, 5.41) is 3.73. The van der Waals surface area contributed by atoms with Crippen LogP contribution in [-0.4, -0.2) is 9.55 Å². The van der Waals surface area contributed by atoms with Gasteiger partial charge in [0.1, 0.15) is 0 Å². The van der Waals surface area contributed by atoms with Crippen LogP contribution in [-0.2, 0) is 6.54 Å². The molecule has 0 aliphatic heterocycles. The van der Waals surface area contributed by atoms with Gasteiger partial charge in [-0.3, -0.25) is 4.98 Å². The first-order valence-electron chi connectivity index (χ1n) is 7.65. The maximum Gasteiger partial charge on any atom is 0.0966 e. The van der Waals surface area contributed by atoms with E-state index in [0.29, 0.717) is 0 Å². The van der Waals surface area contributed by atoms with Crippen LogP contribution in [0.4, 0.5) is 0 Å². The fourth-order valence-corrected chi connectivity index (χ4v) is 2.98. The average molecular weight is 276 g/mol. The van der Waals surface area contributed by atoms with Crippen LogP contribution in [0.2, 0.25) is 0 Å². The molecule has 2 aromatic carbocycles. The minimum absolute atomic E-state index is 0.958. The molecule has 0 amide bonds. The third-order valence-corrected chi connectivity index (χ3v) is 3.81. The Morgan fingerprint density at radius 2 is 1.57 bits per heavy atom. The normalized spacial score (nSPS) is 10.8. The van der Waals surface area contributed by atoms with Crippen LogP contribution in [0.3, 0.4) is 0 Å². The van der Waals surface area contributed by atoms with Gasteiger partial charge < -0.3 is 4.57 Å². The lowest BCUT2D eigenvalue weighted by molar-refractivity contribution is 0.829. The van der Waals surface area contributed by atoms with Crippen LogP contribution >= 0.6 is 0 Å². The monoisotopic (exact) mass is 276 g/mol. The van der Waals surface area contributed by atoms with Crippen molar-refractivity contribution in [3.63, 3.8) is 0 Å². The molecule has 4 rings (SSSR count). The van der Waals surface area contributed by atoms with Crippen molar-refractivity contribution < 1.29 is 0 Å². The minimum Gasteiger partial charge on any atom is -0.339 e. The lowest BCUT2D eigenvalue weighted by Gasteiger charge is -2.05. The molecular weight excluding hydrogens is 256 g/mol. The van der Waals surface area contributed by atoms with E-state index in [9.17, 15) is 0 Å². The second kappa shape index (κ2) is 5.57. The standard InChI is InChI=1S/C17H14N2.C2H6/c1-2-19-15-10-6-5-9-14(15)16-17(19)13-8-4-3-7-12(13)11-18-16;1-2/h3-11H,2H2,1H3;1-2H3. The molecule has 2 nitrogen and oxygen atoms in total. The first-order chi connectivity index (χ1) is 10.4. The van der Waals surface area contributed by atoms with Crippen LogP contribution in [0.5, 0.6) is 0 Å².